The van der Waals surface area contributed by atoms with Crippen LogP contribution in [0.4, 0.5) is 17.1 Å². The number of carbonyl (C=O) groups excluding carboxylic acids is 1. The van der Waals surface area contributed by atoms with Gasteiger partial charge in [0, 0.05) is 47.4 Å². The van der Waals surface area contributed by atoms with Crippen LogP contribution in [-0.2, 0) is 22.6 Å². The molecule has 4 rings (SSSR count). The van der Waals surface area contributed by atoms with Gasteiger partial charge < -0.3 is 19.3 Å². The van der Waals surface area contributed by atoms with Gasteiger partial charge in [0.05, 0.1) is 21.8 Å². The summed E-state index contributed by atoms with van der Waals surface area (Å²) in [5, 5.41) is 32.9. The summed E-state index contributed by atoms with van der Waals surface area (Å²) in [7, 11) is 1.55. The standard InChI is InChI=1S/C33H34N4O10S/c1-20-6-10-23(11-7-20)34(5)31(40)22-9-12-25(26(17-22)36(42)43)35-32(41)24(30(47-35)33(2,3)4)18-46-28-13-8-21(16-27(28)37(44)45)19-48-15-14-29(38)39/h6-13,16-17H,14-15,18-19H2,1-5H3,(H,38,39). The molecule has 4 aromatic rings. The van der Waals surface area contributed by atoms with E-state index >= 15 is 0 Å². The molecule has 252 valence electrons. The molecule has 1 amide bonds. The largest absolute Gasteiger partial charge is 0.482 e. The Labute approximate surface area is 279 Å². The Morgan fingerprint density at radius 1 is 1.00 bits per heavy atom. The number of aryl methyl sites for hydroxylation is 1. The topological polar surface area (TPSA) is 188 Å². The molecule has 0 aliphatic heterocycles. The second-order valence-electron chi connectivity index (χ2n) is 12.0. The van der Waals surface area contributed by atoms with Crippen molar-refractivity contribution in [3.63, 3.8) is 0 Å². The first kappa shape index (κ1) is 35.4. The average Bonchev–Trinajstić information content (AvgIpc) is 3.37. The zero-order chi connectivity index (χ0) is 35.3. The summed E-state index contributed by atoms with van der Waals surface area (Å²) in [5.41, 5.74) is -0.475. The fourth-order valence-corrected chi connectivity index (χ4v) is 5.63. The van der Waals surface area contributed by atoms with Crippen molar-refractivity contribution >= 4 is 40.7 Å². The summed E-state index contributed by atoms with van der Waals surface area (Å²) in [5.74, 6) is -0.718. The lowest BCUT2D eigenvalue weighted by Gasteiger charge is -2.18. The number of ether oxygens (including phenoxy) is 1. The summed E-state index contributed by atoms with van der Waals surface area (Å²) in [6.07, 6.45) is -0.0386. The molecular formula is C33H34N4O10S. The molecule has 0 saturated heterocycles. The highest BCUT2D eigenvalue weighted by Gasteiger charge is 2.32. The van der Waals surface area contributed by atoms with Crippen molar-refractivity contribution in [2.24, 2.45) is 0 Å². The van der Waals surface area contributed by atoms with E-state index < -0.39 is 45.0 Å². The Bertz CT molecular complexity index is 1930. The third-order valence-electron chi connectivity index (χ3n) is 7.27. The summed E-state index contributed by atoms with van der Waals surface area (Å²) in [6, 6.07) is 15.2. The molecule has 1 heterocycles. The molecule has 3 aromatic carbocycles. The second-order valence-corrected chi connectivity index (χ2v) is 13.1. The van der Waals surface area contributed by atoms with Gasteiger partial charge in [0.25, 0.3) is 17.2 Å². The van der Waals surface area contributed by atoms with Crippen LogP contribution in [0.5, 0.6) is 5.75 Å². The number of aromatic nitrogens is 1. The van der Waals surface area contributed by atoms with Gasteiger partial charge in [0.15, 0.2) is 17.2 Å². The second kappa shape index (κ2) is 14.5. The Morgan fingerprint density at radius 3 is 2.27 bits per heavy atom. The molecule has 1 aromatic heterocycles. The maximum absolute atomic E-state index is 13.8. The Balaban J connectivity index is 1.66. The van der Waals surface area contributed by atoms with Gasteiger partial charge in [-0.05, 0) is 42.8 Å². The molecule has 0 radical (unpaired) electrons. The molecule has 14 nitrogen and oxygen atoms in total. The molecule has 0 saturated carbocycles. The first-order valence-corrected chi connectivity index (χ1v) is 15.8. The minimum absolute atomic E-state index is 0.00124. The van der Waals surface area contributed by atoms with Crippen molar-refractivity contribution in [3.8, 4) is 11.4 Å². The van der Waals surface area contributed by atoms with Gasteiger partial charge in [0.1, 0.15) is 6.61 Å². The molecule has 0 aliphatic carbocycles. The first-order valence-electron chi connectivity index (χ1n) is 14.7. The number of thioether (sulfide) groups is 1. The van der Waals surface area contributed by atoms with E-state index in [4.69, 9.17) is 14.4 Å². The number of carboxylic acids is 1. The van der Waals surface area contributed by atoms with E-state index in [0.29, 0.717) is 22.8 Å². The van der Waals surface area contributed by atoms with Crippen LogP contribution in [0.3, 0.4) is 0 Å². The molecule has 0 fully saturated rings. The molecule has 48 heavy (non-hydrogen) atoms. The molecule has 0 bridgehead atoms. The van der Waals surface area contributed by atoms with Gasteiger partial charge in [-0.25, -0.2) is 0 Å². The molecular weight excluding hydrogens is 644 g/mol. The Hall–Kier alpha value is -5.44. The van der Waals surface area contributed by atoms with E-state index in [2.05, 4.69) is 0 Å². The predicted octanol–water partition coefficient (Wildman–Crippen LogP) is 6.42. The van der Waals surface area contributed by atoms with Crippen molar-refractivity contribution in [1.82, 2.24) is 4.74 Å². The van der Waals surface area contributed by atoms with Crippen molar-refractivity contribution in [2.45, 2.75) is 51.9 Å². The summed E-state index contributed by atoms with van der Waals surface area (Å²) in [6.45, 7) is 6.74. The van der Waals surface area contributed by atoms with Crippen LogP contribution in [0.25, 0.3) is 5.69 Å². The number of carbonyl (C=O) groups is 2. The summed E-state index contributed by atoms with van der Waals surface area (Å²) in [4.78, 5) is 61.8. The number of anilines is 1. The van der Waals surface area contributed by atoms with Crippen LogP contribution in [0.2, 0.25) is 0 Å². The highest BCUT2D eigenvalue weighted by molar-refractivity contribution is 7.98. The van der Waals surface area contributed by atoms with Gasteiger partial charge in [-0.2, -0.15) is 11.8 Å². The lowest BCUT2D eigenvalue weighted by Crippen LogP contribution is -2.26. The highest BCUT2D eigenvalue weighted by atomic mass is 32.2. The summed E-state index contributed by atoms with van der Waals surface area (Å²) >= 11 is 1.31. The number of aliphatic carboxylic acids is 1. The lowest BCUT2D eigenvalue weighted by molar-refractivity contribution is -0.386. The summed E-state index contributed by atoms with van der Waals surface area (Å²) < 4.78 is 12.5. The highest BCUT2D eigenvalue weighted by Crippen LogP contribution is 2.33. The number of amides is 1. The van der Waals surface area contributed by atoms with Crippen LogP contribution in [0.15, 0.2) is 70.0 Å². The molecule has 0 unspecified atom stereocenters. The number of nitrogens with zero attached hydrogens (tertiary/aromatic N) is 4. The number of carboxylic acid groups (broad SMARTS) is 1. The first-order chi connectivity index (χ1) is 22.6. The zero-order valence-corrected chi connectivity index (χ0v) is 27.7. The van der Waals surface area contributed by atoms with Crippen LogP contribution in [-0.4, -0.2) is 44.4 Å². The lowest BCUT2D eigenvalue weighted by atomic mass is 9.91. The quantitative estimate of drug-likeness (QED) is 0.0934. The minimum atomic E-state index is -0.936. The SMILES string of the molecule is Cc1ccc(N(C)C(=O)c2ccc(-n3oc(C(C)(C)C)c(COc4ccc(CSCCC(=O)O)cc4[N+](=O)[O-])c3=O)c([N+](=O)[O-])c2)cc1. The zero-order valence-electron chi connectivity index (χ0n) is 26.9. The van der Waals surface area contributed by atoms with Crippen LogP contribution in [0.1, 0.15) is 60.0 Å². The van der Waals surface area contributed by atoms with E-state index in [1.807, 2.05) is 19.1 Å². The number of nitro groups is 2. The third kappa shape index (κ3) is 8.09. The van der Waals surface area contributed by atoms with Crippen LogP contribution in [0, 0.1) is 27.2 Å². The molecule has 0 atom stereocenters. The van der Waals surface area contributed by atoms with Crippen LogP contribution >= 0.6 is 11.8 Å². The van der Waals surface area contributed by atoms with Gasteiger partial charge in [0.2, 0.25) is 0 Å². The Morgan fingerprint density at radius 2 is 1.67 bits per heavy atom. The van der Waals surface area contributed by atoms with Gasteiger partial charge in [-0.1, -0.05) is 44.5 Å². The fraction of sp³-hybridized carbons (Fsp3) is 0.303. The van der Waals surface area contributed by atoms with Crippen molar-refractivity contribution in [3.05, 3.63) is 119 Å². The third-order valence-corrected chi connectivity index (χ3v) is 8.30. The van der Waals surface area contributed by atoms with E-state index in [0.717, 1.165) is 16.4 Å². The molecule has 0 aliphatic rings. The van der Waals surface area contributed by atoms with E-state index in [-0.39, 0.29) is 40.4 Å². The van der Waals surface area contributed by atoms with Crippen molar-refractivity contribution in [1.29, 1.82) is 0 Å². The monoisotopic (exact) mass is 678 g/mol. The van der Waals surface area contributed by atoms with E-state index in [9.17, 15) is 34.6 Å². The van der Waals surface area contributed by atoms with Gasteiger partial charge >= 0.3 is 11.7 Å². The predicted molar refractivity (Wildman–Crippen MR) is 179 cm³/mol. The van der Waals surface area contributed by atoms with E-state index in [1.165, 1.54) is 40.9 Å². The van der Waals surface area contributed by atoms with Gasteiger partial charge in [-0.3, -0.25) is 34.6 Å². The maximum Gasteiger partial charge on any atom is 0.311 e. The average molecular weight is 679 g/mol. The number of nitro benzene ring substituents is 2. The smallest absolute Gasteiger partial charge is 0.311 e. The van der Waals surface area contributed by atoms with Gasteiger partial charge in [-0.15, -0.1) is 4.74 Å². The molecule has 15 heteroatoms. The fourth-order valence-electron chi connectivity index (χ4n) is 4.75. The number of rotatable bonds is 13. The van der Waals surface area contributed by atoms with Crippen molar-refractivity contribution < 1.29 is 33.8 Å². The number of hydrogen-bond acceptors (Lipinski definition) is 10. The minimum Gasteiger partial charge on any atom is -0.482 e. The maximum atomic E-state index is 13.8. The Kier molecular flexibility index (Phi) is 10.7. The number of hydrogen-bond donors (Lipinski definition) is 1. The molecule has 1 N–H and O–H groups in total. The van der Waals surface area contributed by atoms with Crippen LogP contribution < -0.4 is 15.2 Å². The number of benzene rings is 3. The van der Waals surface area contributed by atoms with E-state index in [1.54, 1.807) is 46.0 Å². The normalized spacial score (nSPS) is 11.3. The van der Waals surface area contributed by atoms with Crippen molar-refractivity contribution in [2.75, 3.05) is 17.7 Å². The molecule has 0 spiro atoms.